The van der Waals surface area contributed by atoms with E-state index in [0.29, 0.717) is 5.75 Å². The Labute approximate surface area is 89.2 Å². The zero-order valence-electron chi connectivity index (χ0n) is 9.26. The summed E-state index contributed by atoms with van der Waals surface area (Å²) in [6, 6.07) is 3.26. The van der Waals surface area contributed by atoms with Gasteiger partial charge < -0.3 is 14.8 Å². The van der Waals surface area contributed by atoms with Crippen molar-refractivity contribution in [1.82, 2.24) is 5.32 Å². The SMILES string of the molecule is CNCCc1cc(F)c(OC)c(OC)c1. The molecule has 4 heteroatoms. The molecule has 3 nitrogen and oxygen atoms in total. The smallest absolute Gasteiger partial charge is 0.196 e. The van der Waals surface area contributed by atoms with Crippen LogP contribution in [-0.4, -0.2) is 27.8 Å². The van der Waals surface area contributed by atoms with Crippen molar-refractivity contribution < 1.29 is 13.9 Å². The molecule has 0 amide bonds. The molecule has 0 atom stereocenters. The van der Waals surface area contributed by atoms with E-state index in [1.54, 1.807) is 6.07 Å². The fourth-order valence-corrected chi connectivity index (χ4v) is 1.39. The number of ether oxygens (including phenoxy) is 2. The quantitative estimate of drug-likeness (QED) is 0.806. The van der Waals surface area contributed by atoms with Crippen molar-refractivity contribution in [1.29, 1.82) is 0 Å². The number of methoxy groups -OCH3 is 2. The Kier molecular flexibility index (Phi) is 4.37. The van der Waals surface area contributed by atoms with Crippen LogP contribution >= 0.6 is 0 Å². The molecule has 0 fully saturated rings. The average Bonchev–Trinajstić information content (AvgIpc) is 2.25. The number of hydrogen-bond donors (Lipinski definition) is 1. The van der Waals surface area contributed by atoms with E-state index >= 15 is 0 Å². The van der Waals surface area contributed by atoms with Crippen LogP contribution in [0.1, 0.15) is 5.56 Å². The third-order valence-electron chi connectivity index (χ3n) is 2.16. The highest BCUT2D eigenvalue weighted by atomic mass is 19.1. The van der Waals surface area contributed by atoms with Gasteiger partial charge in [-0.25, -0.2) is 4.39 Å². The molecule has 1 aromatic rings. The first-order valence-corrected chi connectivity index (χ1v) is 4.78. The molecule has 0 heterocycles. The van der Waals surface area contributed by atoms with Gasteiger partial charge in [0.15, 0.2) is 17.3 Å². The van der Waals surface area contributed by atoms with Crippen molar-refractivity contribution in [2.75, 3.05) is 27.8 Å². The summed E-state index contributed by atoms with van der Waals surface area (Å²) in [5.74, 6) is 0.206. The van der Waals surface area contributed by atoms with E-state index in [1.807, 2.05) is 7.05 Å². The summed E-state index contributed by atoms with van der Waals surface area (Å²) in [6.07, 6.45) is 0.758. The minimum Gasteiger partial charge on any atom is -0.493 e. The Bertz CT molecular complexity index is 329. The standard InChI is InChI=1S/C11H16FNO2/c1-13-5-4-8-6-9(12)11(15-3)10(7-8)14-2/h6-7,13H,4-5H2,1-3H3. The van der Waals surface area contributed by atoms with Crippen molar-refractivity contribution in [3.8, 4) is 11.5 Å². The van der Waals surface area contributed by atoms with E-state index < -0.39 is 0 Å². The summed E-state index contributed by atoms with van der Waals surface area (Å²) in [6.45, 7) is 0.801. The molecule has 0 unspecified atom stereocenters. The van der Waals surface area contributed by atoms with Gasteiger partial charge in [-0.1, -0.05) is 0 Å². The Morgan fingerprint density at radius 3 is 2.53 bits per heavy atom. The van der Waals surface area contributed by atoms with Gasteiger partial charge in [-0.3, -0.25) is 0 Å². The van der Waals surface area contributed by atoms with Crippen LogP contribution in [0.25, 0.3) is 0 Å². The van der Waals surface area contributed by atoms with Gasteiger partial charge in [0, 0.05) is 0 Å². The molecule has 0 bridgehead atoms. The van der Waals surface area contributed by atoms with Crippen LogP contribution in [0.5, 0.6) is 11.5 Å². The lowest BCUT2D eigenvalue weighted by atomic mass is 10.1. The van der Waals surface area contributed by atoms with Crippen LogP contribution in [0.2, 0.25) is 0 Å². The molecule has 84 valence electrons. The number of benzene rings is 1. The largest absolute Gasteiger partial charge is 0.493 e. The lowest BCUT2D eigenvalue weighted by Crippen LogP contribution is -2.10. The maximum atomic E-state index is 13.5. The number of nitrogens with one attached hydrogen (secondary N) is 1. The summed E-state index contributed by atoms with van der Waals surface area (Å²) >= 11 is 0. The number of rotatable bonds is 5. The molecular weight excluding hydrogens is 197 g/mol. The summed E-state index contributed by atoms with van der Waals surface area (Å²) in [7, 11) is 4.78. The molecule has 0 aliphatic carbocycles. The van der Waals surface area contributed by atoms with Crippen LogP contribution in [0, 0.1) is 5.82 Å². The Balaban J connectivity index is 2.97. The molecule has 1 aromatic carbocycles. The maximum absolute atomic E-state index is 13.5. The van der Waals surface area contributed by atoms with Crippen molar-refractivity contribution in [2.45, 2.75) is 6.42 Å². The van der Waals surface area contributed by atoms with Gasteiger partial charge in [0.2, 0.25) is 0 Å². The Hall–Kier alpha value is -1.29. The third-order valence-corrected chi connectivity index (χ3v) is 2.16. The van der Waals surface area contributed by atoms with Gasteiger partial charge in [0.1, 0.15) is 0 Å². The highest BCUT2D eigenvalue weighted by molar-refractivity contribution is 5.44. The summed E-state index contributed by atoms with van der Waals surface area (Å²) in [5, 5.41) is 3.01. The molecule has 0 spiro atoms. The van der Waals surface area contributed by atoms with E-state index in [2.05, 4.69) is 5.32 Å². The maximum Gasteiger partial charge on any atom is 0.196 e. The molecule has 1 rings (SSSR count). The molecular formula is C11H16FNO2. The van der Waals surface area contributed by atoms with Gasteiger partial charge in [-0.2, -0.15) is 0 Å². The van der Waals surface area contributed by atoms with Crippen LogP contribution in [0.4, 0.5) is 4.39 Å². The first-order chi connectivity index (χ1) is 7.22. The van der Waals surface area contributed by atoms with Crippen LogP contribution < -0.4 is 14.8 Å². The summed E-state index contributed by atoms with van der Waals surface area (Å²) in [5.41, 5.74) is 0.888. The van der Waals surface area contributed by atoms with E-state index in [0.717, 1.165) is 18.5 Å². The normalized spacial score (nSPS) is 10.1. The van der Waals surface area contributed by atoms with Gasteiger partial charge in [-0.15, -0.1) is 0 Å². The van der Waals surface area contributed by atoms with E-state index in [4.69, 9.17) is 9.47 Å². The number of likely N-dealkylation sites (N-methyl/N-ethyl adjacent to an activating group) is 1. The molecule has 0 saturated heterocycles. The van der Waals surface area contributed by atoms with Gasteiger partial charge in [-0.05, 0) is 37.7 Å². The predicted molar refractivity (Wildman–Crippen MR) is 57.1 cm³/mol. The summed E-state index contributed by atoms with van der Waals surface area (Å²) < 4.78 is 23.5. The first kappa shape index (κ1) is 11.8. The molecule has 0 radical (unpaired) electrons. The first-order valence-electron chi connectivity index (χ1n) is 4.78. The summed E-state index contributed by atoms with van der Waals surface area (Å²) in [4.78, 5) is 0. The van der Waals surface area contributed by atoms with Gasteiger partial charge in [0.05, 0.1) is 14.2 Å². The molecule has 1 N–H and O–H groups in total. The van der Waals surface area contributed by atoms with E-state index in [9.17, 15) is 4.39 Å². The molecule has 0 saturated carbocycles. The monoisotopic (exact) mass is 213 g/mol. The highest BCUT2D eigenvalue weighted by Crippen LogP contribution is 2.31. The van der Waals surface area contributed by atoms with Crippen LogP contribution in [-0.2, 0) is 6.42 Å². The topological polar surface area (TPSA) is 30.5 Å². The Morgan fingerprint density at radius 1 is 1.27 bits per heavy atom. The van der Waals surface area contributed by atoms with E-state index in [1.165, 1.54) is 20.3 Å². The third kappa shape index (κ3) is 2.83. The van der Waals surface area contributed by atoms with E-state index in [-0.39, 0.29) is 11.6 Å². The average molecular weight is 213 g/mol. The number of hydrogen-bond acceptors (Lipinski definition) is 3. The lowest BCUT2D eigenvalue weighted by molar-refractivity contribution is 0.337. The van der Waals surface area contributed by atoms with Crippen molar-refractivity contribution >= 4 is 0 Å². The zero-order valence-corrected chi connectivity index (χ0v) is 9.26. The molecule has 0 aliphatic heterocycles. The Morgan fingerprint density at radius 2 is 2.00 bits per heavy atom. The minimum absolute atomic E-state index is 0.158. The van der Waals surface area contributed by atoms with Crippen LogP contribution in [0.15, 0.2) is 12.1 Å². The lowest BCUT2D eigenvalue weighted by Gasteiger charge is -2.10. The predicted octanol–water partition coefficient (Wildman–Crippen LogP) is 1.60. The zero-order chi connectivity index (χ0) is 11.3. The van der Waals surface area contributed by atoms with Gasteiger partial charge >= 0.3 is 0 Å². The fourth-order valence-electron chi connectivity index (χ4n) is 1.39. The molecule has 0 aliphatic rings. The highest BCUT2D eigenvalue weighted by Gasteiger charge is 2.11. The second-order valence-corrected chi connectivity index (χ2v) is 3.17. The second kappa shape index (κ2) is 5.56. The molecule has 15 heavy (non-hydrogen) atoms. The van der Waals surface area contributed by atoms with Gasteiger partial charge in [0.25, 0.3) is 0 Å². The second-order valence-electron chi connectivity index (χ2n) is 3.17. The van der Waals surface area contributed by atoms with Crippen LogP contribution in [0.3, 0.4) is 0 Å². The fraction of sp³-hybridized carbons (Fsp3) is 0.455. The molecule has 0 aromatic heterocycles. The van der Waals surface area contributed by atoms with Crippen molar-refractivity contribution in [3.05, 3.63) is 23.5 Å². The number of halogens is 1. The van der Waals surface area contributed by atoms with Crippen molar-refractivity contribution in [3.63, 3.8) is 0 Å². The minimum atomic E-state index is -0.386. The van der Waals surface area contributed by atoms with Crippen molar-refractivity contribution in [2.24, 2.45) is 0 Å².